The zero-order valence-corrected chi connectivity index (χ0v) is 20.2. The molecule has 0 aromatic carbocycles. The summed E-state index contributed by atoms with van der Waals surface area (Å²) < 4.78 is 0.805. The average Bonchev–Trinajstić information content (AvgIpc) is 3.01. The molecule has 1 aliphatic heterocycles. The van der Waals surface area contributed by atoms with Crippen LogP contribution in [0.2, 0.25) is 0 Å². The quantitative estimate of drug-likeness (QED) is 0.276. The van der Waals surface area contributed by atoms with Crippen LogP contribution in [0.25, 0.3) is 0 Å². The Morgan fingerprint density at radius 3 is 2.18 bits per heavy atom. The number of quaternary nitrogens is 1. The van der Waals surface area contributed by atoms with Crippen molar-refractivity contribution < 1.29 is 31.1 Å². The monoisotopic (exact) mass is 461 g/mol. The highest BCUT2D eigenvalue weighted by Gasteiger charge is 2.27. The zero-order valence-electron chi connectivity index (χ0n) is 18.6. The van der Waals surface area contributed by atoms with Crippen LogP contribution in [0.5, 0.6) is 0 Å². The summed E-state index contributed by atoms with van der Waals surface area (Å²) >= 11 is 0. The summed E-state index contributed by atoms with van der Waals surface area (Å²) in [6.07, 6.45) is 14.9. The van der Waals surface area contributed by atoms with E-state index in [0.717, 1.165) is 50.0 Å². The Bertz CT molecular complexity index is 430. The SMILES string of the molecule is CCCCCCCCCCCC(=O)NCCC[N+](C)(C)CN1CCCC1=O.[Br-]. The van der Waals surface area contributed by atoms with E-state index in [4.69, 9.17) is 0 Å². The third-order valence-corrected chi connectivity index (χ3v) is 5.49. The molecule has 2 amide bonds. The number of hydrogen-bond acceptors (Lipinski definition) is 2. The van der Waals surface area contributed by atoms with Crippen molar-refractivity contribution in [1.29, 1.82) is 0 Å². The van der Waals surface area contributed by atoms with Crippen molar-refractivity contribution in [2.75, 3.05) is 40.4 Å². The van der Waals surface area contributed by atoms with Crippen LogP contribution in [-0.4, -0.2) is 61.6 Å². The summed E-state index contributed by atoms with van der Waals surface area (Å²) in [5.41, 5.74) is 0. The largest absolute Gasteiger partial charge is 1.00 e. The second-order valence-corrected chi connectivity index (χ2v) is 8.84. The molecule has 0 radical (unpaired) electrons. The zero-order chi connectivity index (χ0) is 20.0. The Balaban J connectivity index is 0.00000729. The number of rotatable bonds is 16. The van der Waals surface area contributed by atoms with Crippen molar-refractivity contribution >= 4 is 11.8 Å². The number of nitrogens with one attached hydrogen (secondary N) is 1. The summed E-state index contributed by atoms with van der Waals surface area (Å²) in [5, 5.41) is 3.05. The molecule has 1 heterocycles. The molecule has 6 heteroatoms. The van der Waals surface area contributed by atoms with Gasteiger partial charge in [-0.3, -0.25) is 14.5 Å². The molecular weight excluding hydrogens is 418 g/mol. The number of carbonyl (C=O) groups is 2. The first-order valence-electron chi connectivity index (χ1n) is 11.3. The molecule has 1 N–H and O–H groups in total. The third kappa shape index (κ3) is 13.5. The van der Waals surface area contributed by atoms with Crippen LogP contribution in [0.1, 0.15) is 90.4 Å². The molecular formula is C22H44BrN3O2. The molecule has 28 heavy (non-hydrogen) atoms. The lowest BCUT2D eigenvalue weighted by molar-refractivity contribution is -0.898. The predicted octanol–water partition coefficient (Wildman–Crippen LogP) is 1.07. The summed E-state index contributed by atoms with van der Waals surface area (Å²) in [4.78, 5) is 25.7. The van der Waals surface area contributed by atoms with Gasteiger partial charge in [-0.05, 0) is 12.8 Å². The second-order valence-electron chi connectivity index (χ2n) is 8.84. The molecule has 0 bridgehead atoms. The van der Waals surface area contributed by atoms with E-state index in [1.807, 2.05) is 4.90 Å². The van der Waals surface area contributed by atoms with Gasteiger partial charge in [0.25, 0.3) is 0 Å². The maximum absolute atomic E-state index is 11.9. The summed E-state index contributed by atoms with van der Waals surface area (Å²) in [6, 6.07) is 0. The number of hydrogen-bond donors (Lipinski definition) is 1. The van der Waals surface area contributed by atoms with Gasteiger partial charge >= 0.3 is 0 Å². The molecule has 1 aliphatic rings. The van der Waals surface area contributed by atoms with Crippen molar-refractivity contribution in [3.63, 3.8) is 0 Å². The van der Waals surface area contributed by atoms with Gasteiger partial charge in [0, 0.05) is 32.4 Å². The summed E-state index contributed by atoms with van der Waals surface area (Å²) in [6.45, 7) is 5.65. The Morgan fingerprint density at radius 2 is 1.61 bits per heavy atom. The highest BCUT2D eigenvalue weighted by Crippen LogP contribution is 2.13. The molecule has 166 valence electrons. The highest BCUT2D eigenvalue weighted by atomic mass is 79.9. The Hall–Kier alpha value is -0.620. The number of unbranched alkanes of at least 4 members (excludes halogenated alkanes) is 8. The summed E-state index contributed by atoms with van der Waals surface area (Å²) in [7, 11) is 4.32. The van der Waals surface area contributed by atoms with E-state index < -0.39 is 0 Å². The lowest BCUT2D eigenvalue weighted by Gasteiger charge is -2.33. The van der Waals surface area contributed by atoms with Gasteiger partial charge in [-0.2, -0.15) is 0 Å². The molecule has 1 rings (SSSR count). The minimum absolute atomic E-state index is 0. The predicted molar refractivity (Wildman–Crippen MR) is 112 cm³/mol. The number of carbonyl (C=O) groups excluding carboxylic acids is 2. The number of likely N-dealkylation sites (tertiary alicyclic amines) is 1. The van der Waals surface area contributed by atoms with Gasteiger partial charge in [0.2, 0.25) is 11.8 Å². The van der Waals surface area contributed by atoms with Crippen LogP contribution in [-0.2, 0) is 9.59 Å². The normalized spacial score (nSPS) is 14.2. The van der Waals surface area contributed by atoms with E-state index >= 15 is 0 Å². The molecule has 0 aliphatic carbocycles. The molecule has 0 atom stereocenters. The smallest absolute Gasteiger partial charge is 0.226 e. The lowest BCUT2D eigenvalue weighted by atomic mass is 10.1. The third-order valence-electron chi connectivity index (χ3n) is 5.49. The van der Waals surface area contributed by atoms with Gasteiger partial charge in [0.1, 0.15) is 0 Å². The van der Waals surface area contributed by atoms with Crippen LogP contribution in [0, 0.1) is 0 Å². The fourth-order valence-corrected chi connectivity index (χ4v) is 3.81. The fraction of sp³-hybridized carbons (Fsp3) is 0.909. The van der Waals surface area contributed by atoms with E-state index in [1.54, 1.807) is 0 Å². The van der Waals surface area contributed by atoms with Gasteiger partial charge in [-0.15, -0.1) is 0 Å². The minimum Gasteiger partial charge on any atom is -1.00 e. The first kappa shape index (κ1) is 27.4. The van der Waals surface area contributed by atoms with E-state index in [2.05, 4.69) is 26.3 Å². The Kier molecular flexibility index (Phi) is 15.8. The fourth-order valence-electron chi connectivity index (χ4n) is 3.81. The van der Waals surface area contributed by atoms with Crippen LogP contribution in [0.3, 0.4) is 0 Å². The van der Waals surface area contributed by atoms with Crippen LogP contribution < -0.4 is 22.3 Å². The van der Waals surface area contributed by atoms with E-state index in [-0.39, 0.29) is 28.8 Å². The molecule has 5 nitrogen and oxygen atoms in total. The minimum atomic E-state index is 0. The van der Waals surface area contributed by atoms with Crippen molar-refractivity contribution in [2.24, 2.45) is 0 Å². The topological polar surface area (TPSA) is 49.4 Å². The van der Waals surface area contributed by atoms with Gasteiger partial charge in [0.15, 0.2) is 6.67 Å². The van der Waals surface area contributed by atoms with Crippen molar-refractivity contribution in [2.45, 2.75) is 90.4 Å². The van der Waals surface area contributed by atoms with Gasteiger partial charge in [-0.1, -0.05) is 58.3 Å². The molecule has 0 spiro atoms. The summed E-state index contributed by atoms with van der Waals surface area (Å²) in [5.74, 6) is 0.480. The molecule has 1 saturated heterocycles. The number of amides is 2. The van der Waals surface area contributed by atoms with Crippen LogP contribution in [0.15, 0.2) is 0 Å². The molecule has 0 aromatic heterocycles. The van der Waals surface area contributed by atoms with E-state index in [1.165, 1.54) is 51.4 Å². The van der Waals surface area contributed by atoms with Crippen molar-refractivity contribution in [3.8, 4) is 0 Å². The molecule has 0 saturated carbocycles. The maximum atomic E-state index is 11.9. The van der Waals surface area contributed by atoms with E-state index in [0.29, 0.717) is 12.8 Å². The lowest BCUT2D eigenvalue weighted by Crippen LogP contribution is -3.00. The van der Waals surface area contributed by atoms with E-state index in [9.17, 15) is 9.59 Å². The molecule has 1 fully saturated rings. The van der Waals surface area contributed by atoms with Gasteiger partial charge in [0.05, 0.1) is 20.6 Å². The van der Waals surface area contributed by atoms with Gasteiger partial charge < -0.3 is 26.8 Å². The Morgan fingerprint density at radius 1 is 1.00 bits per heavy atom. The molecule has 0 unspecified atom stereocenters. The van der Waals surface area contributed by atoms with Crippen LogP contribution >= 0.6 is 0 Å². The Labute approximate surface area is 184 Å². The highest BCUT2D eigenvalue weighted by molar-refractivity contribution is 5.77. The average molecular weight is 463 g/mol. The second kappa shape index (κ2) is 16.2. The van der Waals surface area contributed by atoms with Crippen molar-refractivity contribution in [1.82, 2.24) is 10.2 Å². The van der Waals surface area contributed by atoms with Gasteiger partial charge in [-0.25, -0.2) is 0 Å². The van der Waals surface area contributed by atoms with Crippen molar-refractivity contribution in [3.05, 3.63) is 0 Å². The number of nitrogens with zero attached hydrogens (tertiary/aromatic N) is 2. The first-order valence-corrected chi connectivity index (χ1v) is 11.3. The number of halogens is 1. The maximum Gasteiger partial charge on any atom is 0.226 e. The molecule has 0 aromatic rings. The first-order chi connectivity index (χ1) is 12.9. The standard InChI is InChI=1S/C22H43N3O2.BrH/c1-4-5-6-7-8-9-10-11-12-15-21(26)23-17-14-19-25(2,3)20-24-18-13-16-22(24)27;/h4-20H2,1-3H3;1H. The van der Waals surface area contributed by atoms with Crippen LogP contribution in [0.4, 0.5) is 0 Å².